The maximum atomic E-state index is 13.3. The Kier molecular flexibility index (Phi) is 5.19. The van der Waals surface area contributed by atoms with Crippen LogP contribution in [0.25, 0.3) is 22.3 Å². The number of nitrogens with one attached hydrogen (secondary N) is 2. The number of pyridine rings is 3. The molecule has 2 bridgehead atoms. The Morgan fingerprint density at radius 2 is 1.89 bits per heavy atom. The summed E-state index contributed by atoms with van der Waals surface area (Å²) in [5.41, 5.74) is 9.35. The van der Waals surface area contributed by atoms with E-state index in [0.29, 0.717) is 24.5 Å². The van der Waals surface area contributed by atoms with Crippen molar-refractivity contribution in [2.75, 3.05) is 11.1 Å². The van der Waals surface area contributed by atoms with Crippen LogP contribution in [0.5, 0.6) is 0 Å². The van der Waals surface area contributed by atoms with E-state index in [1.807, 2.05) is 25.1 Å². The highest BCUT2D eigenvalue weighted by Gasteiger charge is 2.47. The fourth-order valence-electron chi connectivity index (χ4n) is 5.41. The minimum atomic E-state index is -3.58. The van der Waals surface area contributed by atoms with E-state index in [2.05, 4.69) is 25.5 Å². The summed E-state index contributed by atoms with van der Waals surface area (Å²) >= 11 is 0. The lowest BCUT2D eigenvalue weighted by atomic mass is 9.99. The molecule has 2 fully saturated rings. The van der Waals surface area contributed by atoms with Gasteiger partial charge >= 0.3 is 0 Å². The number of aromatic amines is 1. The van der Waals surface area contributed by atoms with Crippen molar-refractivity contribution in [1.29, 1.82) is 0 Å². The van der Waals surface area contributed by atoms with Gasteiger partial charge in [-0.3, -0.25) is 10.1 Å². The largest absolute Gasteiger partial charge is 0.384 e. The number of aryl methyl sites for hydroxylation is 1. The molecule has 11 heteroatoms. The molecular weight excluding hydrogens is 464 g/mol. The normalized spacial score (nSPS) is 22.5. The van der Waals surface area contributed by atoms with Crippen LogP contribution < -0.4 is 11.1 Å². The van der Waals surface area contributed by atoms with Crippen LogP contribution in [0, 0.1) is 6.92 Å². The maximum absolute atomic E-state index is 13.3. The van der Waals surface area contributed by atoms with E-state index in [1.54, 1.807) is 28.7 Å². The highest BCUT2D eigenvalue weighted by Crippen LogP contribution is 2.41. The average molecular weight is 491 g/mol. The summed E-state index contributed by atoms with van der Waals surface area (Å²) in [6.45, 7) is 1.95. The Hall–Kier alpha value is -3.57. The van der Waals surface area contributed by atoms with Crippen LogP contribution in [-0.4, -0.2) is 56.0 Å². The third kappa shape index (κ3) is 3.90. The first-order valence-electron chi connectivity index (χ1n) is 11.7. The van der Waals surface area contributed by atoms with E-state index in [-0.39, 0.29) is 23.0 Å². The zero-order chi connectivity index (χ0) is 24.2. The Labute approximate surface area is 203 Å². The molecule has 0 saturated carbocycles. The first-order chi connectivity index (χ1) is 16.9. The van der Waals surface area contributed by atoms with Crippen LogP contribution in [0.1, 0.15) is 31.4 Å². The predicted molar refractivity (Wildman–Crippen MR) is 133 cm³/mol. The monoisotopic (exact) mass is 490 g/mol. The number of nitrogens with zero attached hydrogens (tertiary/aromatic N) is 5. The molecule has 35 heavy (non-hydrogen) atoms. The first-order valence-corrected chi connectivity index (χ1v) is 13.1. The molecule has 3 atom stereocenters. The van der Waals surface area contributed by atoms with E-state index in [9.17, 15) is 8.42 Å². The van der Waals surface area contributed by atoms with Gasteiger partial charge in [0.15, 0.2) is 0 Å². The summed E-state index contributed by atoms with van der Waals surface area (Å²) < 4.78 is 28.3. The molecule has 2 aliphatic rings. The molecule has 0 amide bonds. The number of aromatic nitrogens is 5. The van der Waals surface area contributed by atoms with Crippen LogP contribution in [0.4, 0.5) is 11.6 Å². The van der Waals surface area contributed by atoms with E-state index in [4.69, 9.17) is 10.7 Å². The quantitative estimate of drug-likeness (QED) is 0.387. The van der Waals surface area contributed by atoms with Crippen molar-refractivity contribution in [1.82, 2.24) is 29.5 Å². The molecule has 0 aromatic carbocycles. The molecule has 180 valence electrons. The van der Waals surface area contributed by atoms with Gasteiger partial charge in [0, 0.05) is 47.7 Å². The van der Waals surface area contributed by atoms with Crippen molar-refractivity contribution >= 4 is 32.6 Å². The second kappa shape index (κ2) is 8.28. The molecule has 4 aromatic rings. The van der Waals surface area contributed by atoms with Gasteiger partial charge in [0.1, 0.15) is 22.2 Å². The zero-order valence-corrected chi connectivity index (χ0v) is 20.0. The van der Waals surface area contributed by atoms with Crippen molar-refractivity contribution in [3.63, 3.8) is 0 Å². The number of H-pyrrole nitrogens is 1. The summed E-state index contributed by atoms with van der Waals surface area (Å²) in [7, 11) is -3.58. The van der Waals surface area contributed by atoms with Crippen LogP contribution in [0.15, 0.2) is 53.7 Å². The Morgan fingerprint density at radius 3 is 2.57 bits per heavy atom. The topological polar surface area (TPSA) is 143 Å². The number of hydrogen-bond acceptors (Lipinski definition) is 8. The fourth-order valence-corrected chi connectivity index (χ4v) is 7.26. The summed E-state index contributed by atoms with van der Waals surface area (Å²) in [5.74, 6) is 1.05. The lowest BCUT2D eigenvalue weighted by Crippen LogP contribution is -2.49. The molecule has 6 heterocycles. The molecule has 4 N–H and O–H groups in total. The van der Waals surface area contributed by atoms with Crippen LogP contribution in [-0.2, 0) is 10.0 Å². The summed E-state index contributed by atoms with van der Waals surface area (Å²) in [5, 5.41) is 11.7. The van der Waals surface area contributed by atoms with Crippen molar-refractivity contribution in [2.24, 2.45) is 0 Å². The predicted octanol–water partition coefficient (Wildman–Crippen LogP) is 3.10. The number of nitrogens with two attached hydrogens (primary N) is 1. The number of rotatable bonds is 5. The van der Waals surface area contributed by atoms with Crippen LogP contribution in [0.2, 0.25) is 0 Å². The smallest absolute Gasteiger partial charge is 0.245 e. The molecule has 6 rings (SSSR count). The highest BCUT2D eigenvalue weighted by atomic mass is 32.2. The van der Waals surface area contributed by atoms with Gasteiger partial charge in [-0.1, -0.05) is 0 Å². The number of sulfonamides is 1. The van der Waals surface area contributed by atoms with Gasteiger partial charge in [0.2, 0.25) is 10.0 Å². The van der Waals surface area contributed by atoms with Gasteiger partial charge in [-0.2, -0.15) is 9.40 Å². The standard InChI is InChI=1S/C24H26N8O2S/c1-14-9-22(31-30-14)20-7-6-19-21(28-20)12-23(25)29-24(19)27-15-10-16-4-5-17(11-15)32(16)35(33,34)18-3-2-8-26-13-18/h2-3,6-9,12-13,15-17H,4-5,10-11H2,1H3,(H,30,31)(H3,25,27,29)/t15?,16-,17+. The lowest BCUT2D eigenvalue weighted by Gasteiger charge is -2.38. The molecule has 1 unspecified atom stereocenters. The van der Waals surface area contributed by atoms with E-state index >= 15 is 0 Å². The van der Waals surface area contributed by atoms with Gasteiger partial charge < -0.3 is 11.1 Å². The molecule has 2 saturated heterocycles. The molecule has 0 spiro atoms. The minimum absolute atomic E-state index is 0.0589. The Balaban J connectivity index is 1.26. The van der Waals surface area contributed by atoms with Gasteiger partial charge in [0.05, 0.1) is 11.2 Å². The van der Waals surface area contributed by atoms with Crippen molar-refractivity contribution < 1.29 is 8.42 Å². The molecular formula is C24H26N8O2S. The molecule has 0 radical (unpaired) electrons. The second-order valence-electron chi connectivity index (χ2n) is 9.32. The maximum Gasteiger partial charge on any atom is 0.245 e. The second-order valence-corrected chi connectivity index (χ2v) is 11.2. The van der Waals surface area contributed by atoms with Crippen molar-refractivity contribution in [3.05, 3.63) is 54.5 Å². The van der Waals surface area contributed by atoms with Gasteiger partial charge in [-0.25, -0.2) is 18.4 Å². The zero-order valence-electron chi connectivity index (χ0n) is 19.2. The molecule has 10 nitrogen and oxygen atoms in total. The number of piperidine rings is 1. The van der Waals surface area contributed by atoms with E-state index in [0.717, 1.165) is 40.8 Å². The first kappa shape index (κ1) is 21.9. The van der Waals surface area contributed by atoms with E-state index < -0.39 is 10.0 Å². The molecule has 0 aliphatic carbocycles. The third-order valence-corrected chi connectivity index (χ3v) is 8.88. The Morgan fingerprint density at radius 1 is 1.09 bits per heavy atom. The number of anilines is 2. The van der Waals surface area contributed by atoms with Crippen molar-refractivity contribution in [3.8, 4) is 11.4 Å². The summed E-state index contributed by atoms with van der Waals surface area (Å²) in [6, 6.07) is 10.8. The Bertz CT molecular complexity index is 1490. The number of hydrogen-bond donors (Lipinski definition) is 3. The van der Waals surface area contributed by atoms with Gasteiger partial charge in [-0.05, 0) is 62.9 Å². The minimum Gasteiger partial charge on any atom is -0.384 e. The van der Waals surface area contributed by atoms with Gasteiger partial charge in [0.25, 0.3) is 0 Å². The summed E-state index contributed by atoms with van der Waals surface area (Å²) in [4.78, 5) is 13.6. The number of nitrogen functional groups attached to an aromatic ring is 1. The highest BCUT2D eigenvalue weighted by molar-refractivity contribution is 7.89. The molecule has 4 aromatic heterocycles. The van der Waals surface area contributed by atoms with Crippen LogP contribution in [0.3, 0.4) is 0 Å². The third-order valence-electron chi connectivity index (χ3n) is 6.89. The van der Waals surface area contributed by atoms with Gasteiger partial charge in [-0.15, -0.1) is 0 Å². The van der Waals surface area contributed by atoms with E-state index in [1.165, 1.54) is 6.20 Å². The van der Waals surface area contributed by atoms with Crippen LogP contribution >= 0.6 is 0 Å². The average Bonchev–Trinajstić information content (AvgIpc) is 3.40. The van der Waals surface area contributed by atoms with Crippen molar-refractivity contribution in [2.45, 2.75) is 55.6 Å². The fraction of sp³-hybridized carbons (Fsp3) is 0.333. The number of fused-ring (bicyclic) bond motifs is 3. The summed E-state index contributed by atoms with van der Waals surface area (Å²) in [6.07, 6.45) is 6.11. The lowest BCUT2D eigenvalue weighted by molar-refractivity contribution is 0.234. The molecule has 2 aliphatic heterocycles. The SMILES string of the molecule is Cc1cc(-c2ccc3c(NC4C[C@H]5CC[C@@H](C4)N5S(=O)(=O)c4cccnc4)nc(N)cc3n2)n[nH]1.